The van der Waals surface area contributed by atoms with Crippen LogP contribution in [0.4, 0.5) is 19.0 Å². The maximum Gasteiger partial charge on any atom is 0.416 e. The van der Waals surface area contributed by atoms with Gasteiger partial charge in [0.15, 0.2) is 5.82 Å². The van der Waals surface area contributed by atoms with E-state index in [4.69, 9.17) is 0 Å². The van der Waals surface area contributed by atoms with Crippen LogP contribution in [-0.4, -0.2) is 62.7 Å². The van der Waals surface area contributed by atoms with Crippen molar-refractivity contribution in [1.29, 1.82) is 0 Å². The topological polar surface area (TPSA) is 70.3 Å². The van der Waals surface area contributed by atoms with Crippen LogP contribution in [0.2, 0.25) is 0 Å². The number of likely N-dealkylation sites (tertiary alicyclic amines) is 1. The average molecular weight is 418 g/mol. The molecule has 10 heteroatoms. The zero-order valence-corrected chi connectivity index (χ0v) is 16.4. The summed E-state index contributed by atoms with van der Waals surface area (Å²) in [5, 5.41) is 24.1. The van der Waals surface area contributed by atoms with Crippen molar-refractivity contribution in [2.45, 2.75) is 31.6 Å². The molecule has 1 fully saturated rings. The van der Waals surface area contributed by atoms with Gasteiger partial charge < -0.3 is 14.9 Å². The number of benzene rings is 1. The summed E-state index contributed by atoms with van der Waals surface area (Å²) in [6.45, 7) is 3.50. The number of alkyl halides is 3. The van der Waals surface area contributed by atoms with Gasteiger partial charge in [-0.05, 0) is 44.6 Å². The number of piperidine rings is 1. The molecule has 2 aliphatic rings. The molecular weight excluding hydrogens is 397 g/mol. The fraction of sp³-hybridized carbons (Fsp3) is 0.450. The Labute approximate surface area is 170 Å². The Morgan fingerprint density at radius 3 is 2.70 bits per heavy atom. The van der Waals surface area contributed by atoms with Crippen molar-refractivity contribution < 1.29 is 18.3 Å². The summed E-state index contributed by atoms with van der Waals surface area (Å²) in [4.78, 5) is 4.57. The Bertz CT molecular complexity index is 1110. The SMILES string of the molecule is CN1CCC[C@@H](N2CCn3ncc4c(-c5ccc(C(F)(F)F)cc5O)nnc2c43)C1. The van der Waals surface area contributed by atoms with Crippen LogP contribution in [0.15, 0.2) is 24.4 Å². The Kier molecular flexibility index (Phi) is 4.35. The van der Waals surface area contributed by atoms with Gasteiger partial charge in [0, 0.05) is 24.7 Å². The lowest BCUT2D eigenvalue weighted by atomic mass is 10.0. The van der Waals surface area contributed by atoms with Gasteiger partial charge in [-0.25, -0.2) is 0 Å². The third-order valence-electron chi connectivity index (χ3n) is 6.00. The zero-order chi connectivity index (χ0) is 21.0. The lowest BCUT2D eigenvalue weighted by Gasteiger charge is -2.40. The molecule has 7 nitrogen and oxygen atoms in total. The molecule has 0 spiro atoms. The molecule has 5 rings (SSSR count). The van der Waals surface area contributed by atoms with Gasteiger partial charge in [-0.1, -0.05) is 0 Å². The van der Waals surface area contributed by atoms with Crippen LogP contribution >= 0.6 is 0 Å². The molecule has 0 saturated carbocycles. The maximum atomic E-state index is 13.0. The molecular formula is C20H21F3N6O. The van der Waals surface area contributed by atoms with Crippen molar-refractivity contribution in [3.05, 3.63) is 30.0 Å². The predicted octanol–water partition coefficient (Wildman–Crippen LogP) is 3.13. The number of hydrogen-bond acceptors (Lipinski definition) is 6. The molecule has 2 aliphatic heterocycles. The summed E-state index contributed by atoms with van der Waals surface area (Å²) in [6.07, 6.45) is -0.690. The fourth-order valence-corrected chi connectivity index (χ4v) is 4.52. The van der Waals surface area contributed by atoms with E-state index in [1.165, 1.54) is 6.07 Å². The Hall–Kier alpha value is -2.88. The molecule has 1 aromatic carbocycles. The zero-order valence-electron chi connectivity index (χ0n) is 16.4. The van der Waals surface area contributed by atoms with E-state index in [-0.39, 0.29) is 5.56 Å². The van der Waals surface area contributed by atoms with Crippen LogP contribution in [0, 0.1) is 0 Å². The molecule has 0 unspecified atom stereocenters. The summed E-state index contributed by atoms with van der Waals surface area (Å²) in [7, 11) is 2.11. The Balaban J connectivity index is 1.59. The van der Waals surface area contributed by atoms with Crippen LogP contribution in [0.3, 0.4) is 0 Å². The van der Waals surface area contributed by atoms with Crippen molar-refractivity contribution in [1.82, 2.24) is 24.9 Å². The van der Waals surface area contributed by atoms with Gasteiger partial charge in [0.1, 0.15) is 17.0 Å². The van der Waals surface area contributed by atoms with Crippen molar-refractivity contribution in [3.8, 4) is 17.0 Å². The van der Waals surface area contributed by atoms with E-state index in [1.54, 1.807) is 6.20 Å². The minimum absolute atomic E-state index is 0.205. The predicted molar refractivity (Wildman–Crippen MR) is 105 cm³/mol. The Morgan fingerprint density at radius 1 is 1.13 bits per heavy atom. The number of likely N-dealkylation sites (N-methyl/N-ethyl adjacent to an activating group) is 1. The highest BCUT2D eigenvalue weighted by Gasteiger charge is 2.33. The van der Waals surface area contributed by atoms with Crippen molar-refractivity contribution in [2.75, 3.05) is 31.6 Å². The number of phenolic OH excluding ortho intramolecular Hbond substituents is 1. The number of rotatable bonds is 2. The summed E-state index contributed by atoms with van der Waals surface area (Å²) < 4.78 is 40.7. The first kappa shape index (κ1) is 19.1. The van der Waals surface area contributed by atoms with E-state index in [1.807, 2.05) is 4.68 Å². The van der Waals surface area contributed by atoms with Crippen molar-refractivity contribution in [3.63, 3.8) is 0 Å². The molecule has 4 heterocycles. The third kappa shape index (κ3) is 3.06. The third-order valence-corrected chi connectivity index (χ3v) is 6.00. The van der Waals surface area contributed by atoms with Gasteiger partial charge in [-0.2, -0.15) is 18.3 Å². The molecule has 30 heavy (non-hydrogen) atoms. The molecule has 0 amide bonds. The van der Waals surface area contributed by atoms with Crippen LogP contribution in [0.1, 0.15) is 18.4 Å². The second kappa shape index (κ2) is 6.83. The van der Waals surface area contributed by atoms with Crippen LogP contribution in [0.5, 0.6) is 5.75 Å². The molecule has 1 atom stereocenters. The first-order chi connectivity index (χ1) is 14.3. The van der Waals surface area contributed by atoms with Crippen LogP contribution < -0.4 is 4.90 Å². The lowest BCUT2D eigenvalue weighted by Crippen LogP contribution is -2.49. The highest BCUT2D eigenvalue weighted by Crippen LogP contribution is 2.40. The minimum atomic E-state index is -4.53. The van der Waals surface area contributed by atoms with Gasteiger partial charge >= 0.3 is 6.18 Å². The summed E-state index contributed by atoms with van der Waals surface area (Å²) in [5.74, 6) is 0.257. The van der Waals surface area contributed by atoms with Crippen LogP contribution in [-0.2, 0) is 12.7 Å². The van der Waals surface area contributed by atoms with Crippen molar-refractivity contribution >= 4 is 16.7 Å². The molecule has 158 valence electrons. The number of nitrogens with zero attached hydrogens (tertiary/aromatic N) is 6. The summed E-state index contributed by atoms with van der Waals surface area (Å²) in [6, 6.07) is 3.22. The van der Waals surface area contributed by atoms with Gasteiger partial charge in [-0.15, -0.1) is 10.2 Å². The summed E-state index contributed by atoms with van der Waals surface area (Å²) in [5.41, 5.74) is 0.428. The minimum Gasteiger partial charge on any atom is -0.507 e. The molecule has 0 radical (unpaired) electrons. The highest BCUT2D eigenvalue weighted by atomic mass is 19.4. The number of hydrogen-bond donors (Lipinski definition) is 1. The number of aromatic nitrogens is 4. The van der Waals surface area contributed by atoms with E-state index < -0.39 is 17.5 Å². The second-order valence-corrected chi connectivity index (χ2v) is 7.98. The number of aromatic hydroxyl groups is 1. The van der Waals surface area contributed by atoms with Crippen molar-refractivity contribution in [2.24, 2.45) is 0 Å². The molecule has 1 N–H and O–H groups in total. The second-order valence-electron chi connectivity index (χ2n) is 7.98. The van der Waals surface area contributed by atoms with E-state index >= 15 is 0 Å². The van der Waals surface area contributed by atoms with Crippen LogP contribution in [0.25, 0.3) is 22.2 Å². The quantitative estimate of drug-likeness (QED) is 0.690. The monoisotopic (exact) mass is 418 g/mol. The Morgan fingerprint density at radius 2 is 1.97 bits per heavy atom. The van der Waals surface area contributed by atoms with Gasteiger partial charge in [-0.3, -0.25) is 4.68 Å². The lowest BCUT2D eigenvalue weighted by molar-refractivity contribution is -0.137. The van der Waals surface area contributed by atoms with E-state index in [2.05, 4.69) is 32.1 Å². The van der Waals surface area contributed by atoms with E-state index in [0.29, 0.717) is 23.7 Å². The highest BCUT2D eigenvalue weighted by molar-refractivity contribution is 5.99. The van der Waals surface area contributed by atoms with E-state index in [0.717, 1.165) is 55.9 Å². The van der Waals surface area contributed by atoms with Gasteiger partial charge in [0.05, 0.1) is 23.7 Å². The largest absolute Gasteiger partial charge is 0.507 e. The number of anilines is 1. The fourth-order valence-electron chi connectivity index (χ4n) is 4.52. The maximum absolute atomic E-state index is 13.0. The standard InChI is InChI=1S/C20H21F3N6O/c1-27-6-2-3-13(11-27)28-7-8-29-18-15(10-24-29)17(25-26-19(18)28)14-5-4-12(9-16(14)30)20(21,22)23/h4-5,9-10,13,30H,2-3,6-8,11H2,1H3/t13-/m1/s1. The number of phenols is 1. The summed E-state index contributed by atoms with van der Waals surface area (Å²) >= 11 is 0. The molecule has 3 aromatic rings. The molecule has 0 aliphatic carbocycles. The molecule has 1 saturated heterocycles. The van der Waals surface area contributed by atoms with E-state index in [9.17, 15) is 18.3 Å². The smallest absolute Gasteiger partial charge is 0.416 e. The first-order valence-electron chi connectivity index (χ1n) is 9.91. The normalized spacial score (nSPS) is 20.1. The number of halogens is 3. The molecule has 2 aromatic heterocycles. The average Bonchev–Trinajstić information content (AvgIpc) is 3.14. The first-order valence-corrected chi connectivity index (χ1v) is 9.91. The van der Waals surface area contributed by atoms with Gasteiger partial charge in [0.25, 0.3) is 0 Å². The van der Waals surface area contributed by atoms with Gasteiger partial charge in [0.2, 0.25) is 0 Å². The molecule has 0 bridgehead atoms.